The van der Waals surface area contributed by atoms with Crippen LogP contribution in [-0.2, 0) is 6.18 Å². The van der Waals surface area contributed by atoms with Crippen molar-refractivity contribution >= 4 is 16.6 Å². The zero-order chi connectivity index (χ0) is 12.9. The summed E-state index contributed by atoms with van der Waals surface area (Å²) in [5.41, 5.74) is -0.0904. The third kappa shape index (κ3) is 1.49. The highest BCUT2D eigenvalue weighted by Gasteiger charge is 2.30. The lowest BCUT2D eigenvalue weighted by Gasteiger charge is -2.08. The molecule has 0 saturated carbocycles. The monoisotopic (exact) mass is 252 g/mol. The van der Waals surface area contributed by atoms with Gasteiger partial charge in [0.05, 0.1) is 16.6 Å². The van der Waals surface area contributed by atoms with Crippen LogP contribution in [0.2, 0.25) is 0 Å². The number of fused-ring (bicyclic) bond motifs is 3. The average molecular weight is 252 g/mol. The van der Waals surface area contributed by atoms with Gasteiger partial charge in [-0.2, -0.15) is 13.2 Å². The van der Waals surface area contributed by atoms with E-state index in [1.54, 1.807) is 22.7 Å². The van der Waals surface area contributed by atoms with Crippen molar-refractivity contribution in [3.63, 3.8) is 0 Å². The number of aromatic amines is 1. The number of H-pyrrole nitrogens is 1. The second-order valence-electron chi connectivity index (χ2n) is 3.95. The van der Waals surface area contributed by atoms with Crippen molar-refractivity contribution in [3.8, 4) is 0 Å². The van der Waals surface area contributed by atoms with E-state index in [0.717, 1.165) is 12.1 Å². The highest BCUT2D eigenvalue weighted by atomic mass is 19.4. The van der Waals surface area contributed by atoms with Crippen LogP contribution in [0, 0.1) is 0 Å². The van der Waals surface area contributed by atoms with Crippen LogP contribution in [0.15, 0.2) is 41.3 Å². The standard InChI is InChI=1S/C12H7F3N2O/c13-12(14,15)7-3-4-9-8(6-7)16-11(18)10-2-1-5-17(9)10/h1-6H,(H,16,18). The van der Waals surface area contributed by atoms with Crippen molar-refractivity contribution < 1.29 is 13.2 Å². The molecular weight excluding hydrogens is 245 g/mol. The van der Waals surface area contributed by atoms with Crippen molar-refractivity contribution in [2.45, 2.75) is 6.18 Å². The summed E-state index contributed by atoms with van der Waals surface area (Å²) in [4.78, 5) is 14.1. The molecule has 0 aliphatic heterocycles. The average Bonchev–Trinajstić information content (AvgIpc) is 2.77. The lowest BCUT2D eigenvalue weighted by Crippen LogP contribution is -2.11. The zero-order valence-electron chi connectivity index (χ0n) is 8.95. The number of nitrogens with zero attached hydrogens (tertiary/aromatic N) is 1. The Morgan fingerprint density at radius 3 is 2.61 bits per heavy atom. The van der Waals surface area contributed by atoms with Gasteiger partial charge in [-0.1, -0.05) is 0 Å². The summed E-state index contributed by atoms with van der Waals surface area (Å²) in [6.07, 6.45) is -2.78. The molecule has 3 aromatic rings. The minimum atomic E-state index is -4.42. The molecule has 0 atom stereocenters. The van der Waals surface area contributed by atoms with E-state index in [4.69, 9.17) is 0 Å². The van der Waals surface area contributed by atoms with Gasteiger partial charge >= 0.3 is 6.18 Å². The minimum absolute atomic E-state index is 0.165. The number of rotatable bonds is 0. The smallest absolute Gasteiger partial charge is 0.319 e. The van der Waals surface area contributed by atoms with E-state index < -0.39 is 17.3 Å². The fraction of sp³-hybridized carbons (Fsp3) is 0.0833. The molecule has 0 radical (unpaired) electrons. The van der Waals surface area contributed by atoms with Gasteiger partial charge in [-0.15, -0.1) is 0 Å². The van der Waals surface area contributed by atoms with Crippen LogP contribution in [0.3, 0.4) is 0 Å². The van der Waals surface area contributed by atoms with Crippen LogP contribution < -0.4 is 5.56 Å². The lowest BCUT2D eigenvalue weighted by molar-refractivity contribution is -0.137. The third-order valence-corrected chi connectivity index (χ3v) is 2.81. The molecule has 0 saturated heterocycles. The van der Waals surface area contributed by atoms with Crippen molar-refractivity contribution in [2.75, 3.05) is 0 Å². The van der Waals surface area contributed by atoms with Gasteiger partial charge in [-0.05, 0) is 30.3 Å². The molecule has 18 heavy (non-hydrogen) atoms. The summed E-state index contributed by atoms with van der Waals surface area (Å²) >= 11 is 0. The number of hydrogen-bond acceptors (Lipinski definition) is 1. The minimum Gasteiger partial charge on any atom is -0.319 e. The maximum absolute atomic E-state index is 12.6. The summed E-state index contributed by atoms with van der Waals surface area (Å²) in [7, 11) is 0. The maximum Gasteiger partial charge on any atom is 0.416 e. The van der Waals surface area contributed by atoms with E-state index in [0.29, 0.717) is 11.0 Å². The number of alkyl halides is 3. The Morgan fingerprint density at radius 2 is 1.89 bits per heavy atom. The summed E-state index contributed by atoms with van der Waals surface area (Å²) in [6.45, 7) is 0. The largest absolute Gasteiger partial charge is 0.416 e. The second kappa shape index (κ2) is 3.38. The van der Waals surface area contributed by atoms with Gasteiger partial charge in [0.25, 0.3) is 5.56 Å². The second-order valence-corrected chi connectivity index (χ2v) is 3.95. The Bertz CT molecular complexity index is 798. The van der Waals surface area contributed by atoms with Crippen LogP contribution in [0.1, 0.15) is 5.56 Å². The van der Waals surface area contributed by atoms with E-state index in [2.05, 4.69) is 4.98 Å². The summed E-state index contributed by atoms with van der Waals surface area (Å²) in [6, 6.07) is 6.56. The molecule has 0 spiro atoms. The summed E-state index contributed by atoms with van der Waals surface area (Å²) in [5.74, 6) is 0. The van der Waals surface area contributed by atoms with Crippen molar-refractivity contribution in [1.82, 2.24) is 9.38 Å². The zero-order valence-corrected chi connectivity index (χ0v) is 8.95. The van der Waals surface area contributed by atoms with E-state index in [1.807, 2.05) is 0 Å². The Labute approximate surface area is 98.5 Å². The quantitative estimate of drug-likeness (QED) is 0.656. The Balaban J connectivity index is 2.43. The molecule has 3 rings (SSSR count). The maximum atomic E-state index is 12.6. The summed E-state index contributed by atoms with van der Waals surface area (Å²) < 4.78 is 39.3. The first-order valence-corrected chi connectivity index (χ1v) is 5.17. The van der Waals surface area contributed by atoms with Gasteiger partial charge in [0.15, 0.2) is 0 Å². The first kappa shape index (κ1) is 10.9. The molecule has 1 aromatic carbocycles. The normalized spacial score (nSPS) is 12.4. The lowest BCUT2D eigenvalue weighted by atomic mass is 10.2. The molecular formula is C12H7F3N2O. The van der Waals surface area contributed by atoms with E-state index >= 15 is 0 Å². The van der Waals surface area contributed by atoms with Gasteiger partial charge in [0, 0.05) is 6.20 Å². The SMILES string of the molecule is O=c1[nH]c2cc(C(F)(F)F)ccc2n2cccc12. The predicted molar refractivity (Wildman–Crippen MR) is 60.5 cm³/mol. The van der Waals surface area contributed by atoms with Crippen molar-refractivity contribution in [3.05, 3.63) is 52.4 Å². The molecule has 0 aliphatic carbocycles. The molecule has 0 aliphatic rings. The molecule has 0 fully saturated rings. The van der Waals surface area contributed by atoms with Crippen LogP contribution in [0.5, 0.6) is 0 Å². The van der Waals surface area contributed by atoms with E-state index in [9.17, 15) is 18.0 Å². The Morgan fingerprint density at radius 1 is 1.11 bits per heavy atom. The predicted octanol–water partition coefficient (Wildman–Crippen LogP) is 2.80. The third-order valence-electron chi connectivity index (χ3n) is 2.81. The number of benzene rings is 1. The Kier molecular flexibility index (Phi) is 2.04. The number of halogens is 3. The first-order chi connectivity index (χ1) is 8.47. The molecule has 1 N–H and O–H groups in total. The number of aromatic nitrogens is 2. The number of hydrogen-bond donors (Lipinski definition) is 1. The van der Waals surface area contributed by atoms with Gasteiger partial charge in [0.2, 0.25) is 0 Å². The first-order valence-electron chi connectivity index (χ1n) is 5.17. The molecule has 0 unspecified atom stereocenters. The molecule has 2 aromatic heterocycles. The van der Waals surface area contributed by atoms with Crippen LogP contribution >= 0.6 is 0 Å². The summed E-state index contributed by atoms with van der Waals surface area (Å²) in [5, 5.41) is 0. The van der Waals surface area contributed by atoms with Crippen LogP contribution in [-0.4, -0.2) is 9.38 Å². The molecule has 3 nitrogen and oxygen atoms in total. The molecule has 0 amide bonds. The van der Waals surface area contributed by atoms with Crippen molar-refractivity contribution in [1.29, 1.82) is 0 Å². The molecule has 6 heteroatoms. The fourth-order valence-electron chi connectivity index (χ4n) is 1.98. The van der Waals surface area contributed by atoms with Crippen molar-refractivity contribution in [2.24, 2.45) is 0 Å². The van der Waals surface area contributed by atoms with Crippen LogP contribution in [0.4, 0.5) is 13.2 Å². The topological polar surface area (TPSA) is 37.3 Å². The van der Waals surface area contributed by atoms with Crippen LogP contribution in [0.25, 0.3) is 16.6 Å². The highest BCUT2D eigenvalue weighted by molar-refractivity contribution is 5.79. The molecule has 92 valence electrons. The van der Waals surface area contributed by atoms with Gasteiger partial charge in [-0.3, -0.25) is 4.79 Å². The number of nitrogens with one attached hydrogen (secondary N) is 1. The Hall–Kier alpha value is -2.24. The van der Waals surface area contributed by atoms with Gasteiger partial charge in [-0.25, -0.2) is 0 Å². The van der Waals surface area contributed by atoms with Gasteiger partial charge in [0.1, 0.15) is 5.52 Å². The van der Waals surface area contributed by atoms with E-state index in [-0.39, 0.29) is 5.52 Å². The molecule has 2 heterocycles. The van der Waals surface area contributed by atoms with Gasteiger partial charge < -0.3 is 9.38 Å². The fourth-order valence-corrected chi connectivity index (χ4v) is 1.98. The highest BCUT2D eigenvalue weighted by Crippen LogP contribution is 2.30. The van der Waals surface area contributed by atoms with E-state index in [1.165, 1.54) is 6.07 Å². The molecule has 0 bridgehead atoms.